The van der Waals surface area contributed by atoms with Crippen LogP contribution in [0.25, 0.3) is 33.9 Å². The Labute approximate surface area is 517 Å². The molecule has 4 aliphatic heterocycles. The Hall–Kier alpha value is -10.1. The van der Waals surface area contributed by atoms with Crippen LogP contribution in [0.15, 0.2) is 260 Å². The van der Waals surface area contributed by atoms with Crippen LogP contribution in [0.2, 0.25) is 0 Å². The van der Waals surface area contributed by atoms with Crippen LogP contribution in [0.1, 0.15) is 107 Å². The maximum absolute atomic E-state index is 6.72. The average Bonchev–Trinajstić information content (AvgIpc) is 0.756. The molecule has 0 fully saturated rings. The molecule has 88 heavy (non-hydrogen) atoms. The van der Waals surface area contributed by atoms with Gasteiger partial charge in [-0.05, 0) is 106 Å². The van der Waals surface area contributed by atoms with E-state index in [4.69, 9.17) is 15.0 Å². The number of fused-ring (bicyclic) bond motifs is 7. The van der Waals surface area contributed by atoms with Gasteiger partial charge in [0.15, 0.2) is 17.5 Å². The number of nitrogens with zero attached hydrogens (tertiary/aromatic N) is 7. The molecule has 0 bridgehead atoms. The van der Waals surface area contributed by atoms with Gasteiger partial charge >= 0.3 is 0 Å². The molecule has 7 nitrogen and oxygen atoms in total. The normalized spacial score (nSPS) is 16.7. The van der Waals surface area contributed by atoms with E-state index in [0.717, 1.165) is 104 Å². The quantitative estimate of drug-likeness (QED) is 0.158. The fourth-order valence-corrected chi connectivity index (χ4v) is 15.5. The lowest BCUT2D eigenvalue weighted by molar-refractivity contribution is 0.602. The summed E-state index contributed by atoms with van der Waals surface area (Å²) in [6.07, 6.45) is 6.45. The number of hydrogen-bond donors (Lipinski definition) is 0. The van der Waals surface area contributed by atoms with Gasteiger partial charge in [0.2, 0.25) is 0 Å². The Morgan fingerprint density at radius 3 is 1.00 bits per heavy atom. The molecule has 7 heteroatoms. The lowest BCUT2D eigenvalue weighted by atomic mass is 9.71. The summed E-state index contributed by atoms with van der Waals surface area (Å²) in [4.78, 5) is 29.0. The smallest absolute Gasteiger partial charge is 0.165 e. The van der Waals surface area contributed by atoms with Crippen molar-refractivity contribution in [2.45, 2.75) is 89.9 Å². The van der Waals surface area contributed by atoms with E-state index in [1.807, 2.05) is 0 Å². The van der Waals surface area contributed by atoms with Crippen LogP contribution in [-0.2, 0) is 21.7 Å². The van der Waals surface area contributed by atoms with Crippen molar-refractivity contribution >= 4 is 62.8 Å². The van der Waals surface area contributed by atoms with Crippen LogP contribution >= 0.6 is 0 Å². The van der Waals surface area contributed by atoms with E-state index < -0.39 is 5.41 Å². The van der Waals surface area contributed by atoms with Gasteiger partial charge in [-0.25, -0.2) is 15.0 Å². The van der Waals surface area contributed by atoms with Crippen molar-refractivity contribution in [3.63, 3.8) is 0 Å². The Morgan fingerprint density at radius 1 is 0.318 bits per heavy atom. The number of allylic oxidation sites excluding steroid dienone is 4. The van der Waals surface area contributed by atoms with Crippen LogP contribution < -0.4 is 19.6 Å². The third-order valence-corrected chi connectivity index (χ3v) is 19.9. The molecule has 0 radical (unpaired) electrons. The standard InChI is InChI=1S/C81H69N7/c1-78(2)54-35-15-23-43-64(54)85(65-44-24-16-36-55(65)78)73-72(75-82-62(52-31-11-9-12-32-52)51-63(83-75)53-33-13-10-14-34-53)74(86-66-45-25-17-37-56(66)79(3,4)57-38-18-26-46-67(57)86)77(88-70-49-29-21-41-60(70)81(7,8)61-42-22-30-50-71(61)88)84-76(73)87-68-47-27-19-39-58(68)80(5,6)59-40-20-28-48-69(59)87/h9-29,31-49,51H,30,50H2,1-8H3. The third kappa shape index (κ3) is 7.78. The van der Waals surface area contributed by atoms with Crippen LogP contribution in [0.4, 0.5) is 62.8 Å². The molecule has 2 aromatic heterocycles. The van der Waals surface area contributed by atoms with Crippen molar-refractivity contribution in [2.24, 2.45) is 0 Å². The van der Waals surface area contributed by atoms with Gasteiger partial charge in [-0.3, -0.25) is 9.80 Å². The summed E-state index contributed by atoms with van der Waals surface area (Å²) in [7, 11) is 0. The Kier molecular flexibility index (Phi) is 12.0. The number of para-hydroxylation sites is 7. The Bertz CT molecular complexity index is 4510. The topological polar surface area (TPSA) is 51.6 Å². The van der Waals surface area contributed by atoms with Crippen molar-refractivity contribution < 1.29 is 0 Å². The molecular formula is C81H69N7. The summed E-state index contributed by atoms with van der Waals surface area (Å²) in [6.45, 7) is 19.0. The zero-order valence-corrected chi connectivity index (χ0v) is 51.2. The molecule has 0 N–H and O–H groups in total. The van der Waals surface area contributed by atoms with Gasteiger partial charge in [-0.15, -0.1) is 0 Å². The minimum absolute atomic E-state index is 0.332. The number of pyridine rings is 1. The largest absolute Gasteiger partial charge is 0.306 e. The molecule has 16 rings (SSSR count). The van der Waals surface area contributed by atoms with E-state index in [9.17, 15) is 0 Å². The van der Waals surface area contributed by atoms with Crippen LogP contribution in [0.5, 0.6) is 0 Å². The van der Waals surface area contributed by atoms with Gasteiger partial charge < -0.3 is 9.80 Å². The molecule has 6 heterocycles. The first kappa shape index (κ1) is 53.4. The van der Waals surface area contributed by atoms with Gasteiger partial charge in [0.1, 0.15) is 11.4 Å². The van der Waals surface area contributed by atoms with E-state index >= 15 is 0 Å². The highest BCUT2D eigenvalue weighted by Crippen LogP contribution is 2.66. The fourth-order valence-electron chi connectivity index (χ4n) is 15.5. The van der Waals surface area contributed by atoms with Crippen molar-refractivity contribution in [3.05, 3.63) is 299 Å². The summed E-state index contributed by atoms with van der Waals surface area (Å²) in [5.74, 6) is 2.09. The molecule has 428 valence electrons. The van der Waals surface area contributed by atoms with E-state index in [0.29, 0.717) is 5.82 Å². The molecule has 0 saturated carbocycles. The summed E-state index contributed by atoms with van der Waals surface area (Å²) >= 11 is 0. The maximum atomic E-state index is 6.72. The van der Waals surface area contributed by atoms with Gasteiger partial charge in [-0.2, -0.15) is 0 Å². The molecule has 11 aromatic rings. The molecule has 0 saturated heterocycles. The monoisotopic (exact) mass is 1140 g/mol. The lowest BCUT2D eigenvalue weighted by Crippen LogP contribution is -2.38. The SMILES string of the molecule is CC1(C)C2=C(CCC=C2)N(c2nc(N3c4ccccc4C(C)(C)c4ccccc43)c(N3c4ccccc4C(C)(C)c4ccccc43)c(-c3nc(-c4ccccc4)cc(-c4ccccc4)n3)c2N2c3ccccc3C(C)(C)c3ccccc32)c2ccccc21. The van der Waals surface area contributed by atoms with Crippen LogP contribution in [0, 0.1) is 0 Å². The van der Waals surface area contributed by atoms with E-state index in [1.165, 1.54) is 50.2 Å². The van der Waals surface area contributed by atoms with E-state index in [1.54, 1.807) is 0 Å². The summed E-state index contributed by atoms with van der Waals surface area (Å²) < 4.78 is 0. The first-order chi connectivity index (χ1) is 42.7. The predicted octanol–water partition coefficient (Wildman–Crippen LogP) is 21.2. The minimum Gasteiger partial charge on any atom is -0.306 e. The number of aromatic nitrogens is 3. The lowest BCUT2D eigenvalue weighted by Gasteiger charge is -2.49. The number of hydrogen-bond acceptors (Lipinski definition) is 7. The van der Waals surface area contributed by atoms with E-state index in [-0.39, 0.29) is 16.2 Å². The van der Waals surface area contributed by atoms with E-state index in [2.05, 4.69) is 324 Å². The Balaban J connectivity index is 1.20. The van der Waals surface area contributed by atoms with Crippen molar-refractivity contribution in [3.8, 4) is 33.9 Å². The van der Waals surface area contributed by atoms with Crippen molar-refractivity contribution in [1.29, 1.82) is 0 Å². The minimum atomic E-state index is -0.392. The predicted molar refractivity (Wildman–Crippen MR) is 364 cm³/mol. The molecule has 9 aromatic carbocycles. The maximum Gasteiger partial charge on any atom is 0.165 e. The molecule has 0 amide bonds. The molecule has 0 spiro atoms. The average molecular weight is 1140 g/mol. The van der Waals surface area contributed by atoms with Crippen molar-refractivity contribution in [1.82, 2.24) is 15.0 Å². The summed E-state index contributed by atoms with van der Waals surface area (Å²) in [6, 6.07) is 86.7. The van der Waals surface area contributed by atoms with Crippen LogP contribution in [-0.4, -0.2) is 15.0 Å². The van der Waals surface area contributed by atoms with Crippen LogP contribution in [0.3, 0.4) is 0 Å². The zero-order chi connectivity index (χ0) is 59.8. The van der Waals surface area contributed by atoms with Gasteiger partial charge in [-0.1, -0.05) is 256 Å². The summed E-state index contributed by atoms with van der Waals surface area (Å²) in [5.41, 5.74) is 23.1. The first-order valence-electron chi connectivity index (χ1n) is 31.1. The third-order valence-electron chi connectivity index (χ3n) is 19.9. The highest BCUT2D eigenvalue weighted by molar-refractivity contribution is 6.11. The molecular weight excluding hydrogens is 1070 g/mol. The molecule has 5 aliphatic rings. The summed E-state index contributed by atoms with van der Waals surface area (Å²) in [5, 5.41) is 0. The fraction of sp³-hybridized carbons (Fsp3) is 0.173. The van der Waals surface area contributed by atoms with Gasteiger partial charge in [0.05, 0.1) is 56.8 Å². The number of rotatable bonds is 7. The highest BCUT2D eigenvalue weighted by atomic mass is 15.3. The second-order valence-corrected chi connectivity index (χ2v) is 26.3. The Morgan fingerprint density at radius 2 is 0.625 bits per heavy atom. The van der Waals surface area contributed by atoms with Gasteiger partial charge in [0.25, 0.3) is 0 Å². The zero-order valence-electron chi connectivity index (χ0n) is 51.2. The molecule has 1 aliphatic carbocycles. The number of anilines is 11. The second kappa shape index (κ2) is 19.7. The van der Waals surface area contributed by atoms with Gasteiger partial charge in [0, 0.05) is 38.5 Å². The number of benzene rings is 9. The molecule has 0 atom stereocenters. The molecule has 0 unspecified atom stereocenters. The second-order valence-electron chi connectivity index (χ2n) is 26.3. The van der Waals surface area contributed by atoms with Crippen molar-refractivity contribution in [2.75, 3.05) is 19.6 Å². The first-order valence-corrected chi connectivity index (χ1v) is 31.1. The highest BCUT2D eigenvalue weighted by Gasteiger charge is 2.49.